The lowest BCUT2D eigenvalue weighted by atomic mass is 10.1. The van der Waals surface area contributed by atoms with Gasteiger partial charge in [-0.1, -0.05) is 19.9 Å². The second-order valence-corrected chi connectivity index (χ2v) is 8.53. The van der Waals surface area contributed by atoms with Crippen LogP contribution in [0.4, 0.5) is 5.69 Å². The van der Waals surface area contributed by atoms with E-state index in [9.17, 15) is 18.0 Å². The number of anilines is 1. The molecule has 2 N–H and O–H groups in total. The zero-order valence-electron chi connectivity index (χ0n) is 15.2. The van der Waals surface area contributed by atoms with Crippen molar-refractivity contribution >= 4 is 27.4 Å². The van der Waals surface area contributed by atoms with Crippen LogP contribution in [-0.4, -0.2) is 38.3 Å². The molecule has 0 radical (unpaired) electrons. The van der Waals surface area contributed by atoms with Gasteiger partial charge in [-0.2, -0.15) is 0 Å². The largest absolute Gasteiger partial charge is 0.493 e. The Hall–Kier alpha value is -2.87. The van der Waals surface area contributed by atoms with E-state index in [0.29, 0.717) is 23.8 Å². The number of hydrogen-bond acceptors (Lipinski definition) is 5. The van der Waals surface area contributed by atoms with Crippen LogP contribution in [-0.2, 0) is 9.84 Å². The number of nitrogens with one attached hydrogen (secondary N) is 1. The summed E-state index contributed by atoms with van der Waals surface area (Å²) >= 11 is 0. The zero-order chi connectivity index (χ0) is 20.2. The van der Waals surface area contributed by atoms with Crippen molar-refractivity contribution in [1.29, 1.82) is 0 Å². The Morgan fingerprint density at radius 3 is 2.41 bits per heavy atom. The van der Waals surface area contributed by atoms with Crippen LogP contribution in [0.2, 0.25) is 0 Å². The smallest absolute Gasteiger partial charge is 0.335 e. The zero-order valence-corrected chi connectivity index (χ0v) is 16.0. The fourth-order valence-electron chi connectivity index (χ4n) is 2.20. The van der Waals surface area contributed by atoms with Gasteiger partial charge in [-0.15, -0.1) is 0 Å². The van der Waals surface area contributed by atoms with E-state index < -0.39 is 21.7 Å². The quantitative estimate of drug-likeness (QED) is 0.751. The van der Waals surface area contributed by atoms with E-state index in [4.69, 9.17) is 9.84 Å². The Kier molecular flexibility index (Phi) is 6.22. The van der Waals surface area contributed by atoms with Crippen LogP contribution < -0.4 is 10.1 Å². The SMILES string of the molecule is CC(C)COc1cccc(C(=O)Nc2cc(C(=O)O)cc(S(C)(=O)=O)c2)c1. The number of carboxylic acids is 1. The first-order valence-corrected chi connectivity index (χ1v) is 10.1. The van der Waals surface area contributed by atoms with E-state index in [1.165, 1.54) is 12.1 Å². The molecule has 2 rings (SSSR count). The molecule has 0 atom stereocenters. The lowest BCUT2D eigenvalue weighted by molar-refractivity contribution is 0.0696. The average molecular weight is 391 g/mol. The molecule has 0 aromatic heterocycles. The van der Waals surface area contributed by atoms with Gasteiger partial charge in [-0.3, -0.25) is 4.79 Å². The van der Waals surface area contributed by atoms with Crippen molar-refractivity contribution < 1.29 is 27.9 Å². The van der Waals surface area contributed by atoms with Gasteiger partial charge in [-0.25, -0.2) is 13.2 Å². The highest BCUT2D eigenvalue weighted by Gasteiger charge is 2.16. The maximum atomic E-state index is 12.5. The lowest BCUT2D eigenvalue weighted by Crippen LogP contribution is -2.14. The summed E-state index contributed by atoms with van der Waals surface area (Å²) in [7, 11) is -3.64. The highest BCUT2D eigenvalue weighted by atomic mass is 32.2. The minimum atomic E-state index is -3.64. The van der Waals surface area contributed by atoms with Crippen molar-refractivity contribution in [3.63, 3.8) is 0 Å². The summed E-state index contributed by atoms with van der Waals surface area (Å²) in [5.41, 5.74) is 0.147. The lowest BCUT2D eigenvalue weighted by Gasteiger charge is -2.11. The summed E-state index contributed by atoms with van der Waals surface area (Å²) in [6.45, 7) is 4.51. The van der Waals surface area contributed by atoms with E-state index in [1.807, 2.05) is 13.8 Å². The third kappa shape index (κ3) is 5.82. The molecule has 7 nitrogen and oxygen atoms in total. The first-order chi connectivity index (χ1) is 12.6. The number of carbonyl (C=O) groups is 2. The summed E-state index contributed by atoms with van der Waals surface area (Å²) in [5.74, 6) is -0.935. The summed E-state index contributed by atoms with van der Waals surface area (Å²) in [6, 6.07) is 10.0. The predicted octanol–water partition coefficient (Wildman–Crippen LogP) is 3.08. The van der Waals surface area contributed by atoms with Gasteiger partial charge in [0.05, 0.1) is 17.1 Å². The normalized spacial score (nSPS) is 11.3. The number of aromatic carboxylic acids is 1. The van der Waals surface area contributed by atoms with Gasteiger partial charge >= 0.3 is 5.97 Å². The number of hydrogen-bond donors (Lipinski definition) is 2. The Labute approximate surface area is 157 Å². The molecule has 0 spiro atoms. The monoisotopic (exact) mass is 391 g/mol. The Morgan fingerprint density at radius 1 is 1.11 bits per heavy atom. The van der Waals surface area contributed by atoms with Crippen molar-refractivity contribution in [1.82, 2.24) is 0 Å². The Morgan fingerprint density at radius 2 is 1.81 bits per heavy atom. The predicted molar refractivity (Wildman–Crippen MR) is 101 cm³/mol. The minimum absolute atomic E-state index is 0.0776. The number of rotatable bonds is 7. The molecule has 1 amide bonds. The molecule has 0 saturated heterocycles. The number of sulfone groups is 1. The molecule has 27 heavy (non-hydrogen) atoms. The van der Waals surface area contributed by atoms with E-state index in [-0.39, 0.29) is 16.1 Å². The second kappa shape index (κ2) is 8.22. The fourth-order valence-corrected chi connectivity index (χ4v) is 2.88. The molecule has 0 bridgehead atoms. The van der Waals surface area contributed by atoms with Crippen molar-refractivity contribution in [2.24, 2.45) is 5.92 Å². The molecule has 0 unspecified atom stereocenters. The molecular weight excluding hydrogens is 370 g/mol. The topological polar surface area (TPSA) is 110 Å². The van der Waals surface area contributed by atoms with Crippen LogP contribution in [0, 0.1) is 5.92 Å². The summed E-state index contributed by atoms with van der Waals surface area (Å²) < 4.78 is 29.1. The van der Waals surface area contributed by atoms with Crippen LogP contribution in [0.25, 0.3) is 0 Å². The molecule has 0 aliphatic heterocycles. The second-order valence-electron chi connectivity index (χ2n) is 6.51. The van der Waals surface area contributed by atoms with Crippen LogP contribution in [0.3, 0.4) is 0 Å². The van der Waals surface area contributed by atoms with Gasteiger partial charge in [0, 0.05) is 17.5 Å². The molecular formula is C19H21NO6S. The van der Waals surface area contributed by atoms with Crippen molar-refractivity contribution in [3.05, 3.63) is 53.6 Å². The molecule has 0 heterocycles. The van der Waals surface area contributed by atoms with Gasteiger partial charge in [0.2, 0.25) is 0 Å². The first kappa shape index (κ1) is 20.4. The number of ether oxygens (including phenoxy) is 1. The van der Waals surface area contributed by atoms with E-state index in [2.05, 4.69) is 5.32 Å². The average Bonchev–Trinajstić information content (AvgIpc) is 2.59. The number of benzene rings is 2. The Balaban J connectivity index is 2.28. The number of carbonyl (C=O) groups excluding carboxylic acids is 1. The summed E-state index contributed by atoms with van der Waals surface area (Å²) in [4.78, 5) is 23.5. The third-order valence-electron chi connectivity index (χ3n) is 3.52. The van der Waals surface area contributed by atoms with Gasteiger partial charge in [0.25, 0.3) is 5.91 Å². The fraction of sp³-hybridized carbons (Fsp3) is 0.263. The highest BCUT2D eigenvalue weighted by Crippen LogP contribution is 2.21. The maximum absolute atomic E-state index is 12.5. The molecule has 144 valence electrons. The number of amides is 1. The molecule has 8 heteroatoms. The first-order valence-electron chi connectivity index (χ1n) is 8.19. The van der Waals surface area contributed by atoms with Gasteiger partial charge in [0.1, 0.15) is 5.75 Å². The standard InChI is InChI=1S/C19H21NO6S/c1-12(2)11-26-16-6-4-5-13(8-16)18(21)20-15-7-14(19(22)23)9-17(10-15)27(3,24)25/h4-10,12H,11H2,1-3H3,(H,20,21)(H,22,23). The molecule has 0 aliphatic rings. The molecule has 2 aromatic carbocycles. The van der Waals surface area contributed by atoms with E-state index >= 15 is 0 Å². The summed E-state index contributed by atoms with van der Waals surface area (Å²) in [6.07, 6.45) is 0.967. The van der Waals surface area contributed by atoms with Gasteiger partial charge < -0.3 is 15.2 Å². The maximum Gasteiger partial charge on any atom is 0.335 e. The van der Waals surface area contributed by atoms with Crippen molar-refractivity contribution in [2.45, 2.75) is 18.7 Å². The molecule has 2 aromatic rings. The third-order valence-corrected chi connectivity index (χ3v) is 4.61. The molecule has 0 aliphatic carbocycles. The van der Waals surface area contributed by atoms with Crippen LogP contribution >= 0.6 is 0 Å². The minimum Gasteiger partial charge on any atom is -0.493 e. The highest BCUT2D eigenvalue weighted by molar-refractivity contribution is 7.90. The van der Waals surface area contributed by atoms with Crippen molar-refractivity contribution in [3.8, 4) is 5.75 Å². The van der Waals surface area contributed by atoms with Crippen molar-refractivity contribution in [2.75, 3.05) is 18.2 Å². The number of carboxylic acid groups (broad SMARTS) is 1. The Bertz CT molecular complexity index is 966. The van der Waals surface area contributed by atoms with Crippen LogP contribution in [0.5, 0.6) is 5.75 Å². The van der Waals surface area contributed by atoms with Crippen LogP contribution in [0.1, 0.15) is 34.6 Å². The van der Waals surface area contributed by atoms with Crippen LogP contribution in [0.15, 0.2) is 47.4 Å². The van der Waals surface area contributed by atoms with E-state index in [1.54, 1.807) is 24.3 Å². The van der Waals surface area contributed by atoms with Gasteiger partial charge in [-0.05, 0) is 42.3 Å². The molecule has 0 fully saturated rings. The van der Waals surface area contributed by atoms with E-state index in [0.717, 1.165) is 12.3 Å². The molecule has 0 saturated carbocycles. The summed E-state index contributed by atoms with van der Waals surface area (Å²) in [5, 5.41) is 11.7. The van der Waals surface area contributed by atoms with Gasteiger partial charge in [0.15, 0.2) is 9.84 Å².